The van der Waals surface area contributed by atoms with Gasteiger partial charge in [0.1, 0.15) is 12.4 Å². The minimum atomic E-state index is -2.63. The van der Waals surface area contributed by atoms with Gasteiger partial charge in [-0.25, -0.2) is 4.98 Å². The number of nitrogens with zero attached hydrogens (tertiary/aromatic N) is 2. The molecule has 1 aromatic heterocycles. The largest absolute Gasteiger partial charge is 0.485 e. The van der Waals surface area contributed by atoms with Crippen molar-refractivity contribution in [2.75, 3.05) is 0 Å². The van der Waals surface area contributed by atoms with Crippen LogP contribution in [0.5, 0.6) is 5.75 Å². The Balaban J connectivity index is 2.09. The van der Waals surface area contributed by atoms with E-state index in [0.29, 0.717) is 5.75 Å². The molecule has 0 aliphatic rings. The average Bonchev–Trinajstić information content (AvgIpc) is 2.85. The van der Waals surface area contributed by atoms with Crippen LogP contribution in [0.1, 0.15) is 36.5 Å². The standard InChI is InChI=1S/C14H16F2N2O2/c1-9-7-11(10(2)19)3-4-12(9)20-8-13-17-5-6-18(13)14(15)16/h3-7,10,14,19H,8H2,1-2H3/t10-/m0/s1. The maximum Gasteiger partial charge on any atom is 0.320 e. The lowest BCUT2D eigenvalue weighted by atomic mass is 10.1. The fraction of sp³-hybridized carbons (Fsp3) is 0.357. The first-order valence-electron chi connectivity index (χ1n) is 6.20. The highest BCUT2D eigenvalue weighted by atomic mass is 19.3. The maximum atomic E-state index is 12.6. The van der Waals surface area contributed by atoms with Gasteiger partial charge in [0, 0.05) is 12.4 Å². The molecule has 0 aliphatic heterocycles. The number of aryl methyl sites for hydroxylation is 1. The van der Waals surface area contributed by atoms with Crippen LogP contribution >= 0.6 is 0 Å². The fourth-order valence-corrected chi connectivity index (χ4v) is 1.87. The predicted octanol–water partition coefficient (Wildman–Crippen LogP) is 3.22. The minimum absolute atomic E-state index is 0.0355. The Morgan fingerprint density at radius 3 is 2.75 bits per heavy atom. The zero-order chi connectivity index (χ0) is 14.7. The first-order valence-corrected chi connectivity index (χ1v) is 6.20. The third-order valence-electron chi connectivity index (χ3n) is 3.00. The topological polar surface area (TPSA) is 47.3 Å². The summed E-state index contributed by atoms with van der Waals surface area (Å²) in [6, 6.07) is 5.26. The third-order valence-corrected chi connectivity index (χ3v) is 3.00. The van der Waals surface area contributed by atoms with Gasteiger partial charge in [-0.15, -0.1) is 0 Å². The number of halogens is 2. The van der Waals surface area contributed by atoms with E-state index in [2.05, 4.69) is 4.98 Å². The van der Waals surface area contributed by atoms with Gasteiger partial charge < -0.3 is 9.84 Å². The normalized spacial score (nSPS) is 12.7. The van der Waals surface area contributed by atoms with Crippen molar-refractivity contribution in [2.45, 2.75) is 33.1 Å². The molecule has 0 bridgehead atoms. The van der Waals surface area contributed by atoms with Gasteiger partial charge in [0.25, 0.3) is 0 Å². The summed E-state index contributed by atoms with van der Waals surface area (Å²) >= 11 is 0. The summed E-state index contributed by atoms with van der Waals surface area (Å²) in [5.41, 5.74) is 1.61. The van der Waals surface area contributed by atoms with Gasteiger partial charge in [0.15, 0.2) is 5.82 Å². The van der Waals surface area contributed by atoms with E-state index in [0.717, 1.165) is 15.7 Å². The highest BCUT2D eigenvalue weighted by molar-refractivity contribution is 5.36. The highest BCUT2D eigenvalue weighted by Gasteiger charge is 2.12. The van der Waals surface area contributed by atoms with Crippen molar-refractivity contribution in [3.05, 3.63) is 47.5 Å². The zero-order valence-corrected chi connectivity index (χ0v) is 11.3. The van der Waals surface area contributed by atoms with Gasteiger partial charge in [-0.05, 0) is 37.1 Å². The Morgan fingerprint density at radius 1 is 1.40 bits per heavy atom. The Labute approximate surface area is 115 Å². The van der Waals surface area contributed by atoms with E-state index in [9.17, 15) is 13.9 Å². The molecule has 1 aromatic carbocycles. The summed E-state index contributed by atoms with van der Waals surface area (Å²) in [6.45, 7) is 0.844. The molecule has 0 fully saturated rings. The number of benzene rings is 1. The maximum absolute atomic E-state index is 12.6. The van der Waals surface area contributed by atoms with E-state index < -0.39 is 12.7 Å². The molecule has 0 amide bonds. The summed E-state index contributed by atoms with van der Waals surface area (Å²) in [6.07, 6.45) is 1.97. The van der Waals surface area contributed by atoms with Crippen LogP contribution in [-0.4, -0.2) is 14.7 Å². The Bertz CT molecular complexity index is 582. The van der Waals surface area contributed by atoms with Crippen LogP contribution in [0.3, 0.4) is 0 Å². The predicted molar refractivity (Wildman–Crippen MR) is 69.6 cm³/mol. The third kappa shape index (κ3) is 3.14. The second-order valence-electron chi connectivity index (χ2n) is 4.52. The summed E-state index contributed by atoms with van der Waals surface area (Å²) in [5.74, 6) is 0.747. The van der Waals surface area contributed by atoms with E-state index in [1.807, 2.05) is 6.92 Å². The number of alkyl halides is 2. The first-order chi connectivity index (χ1) is 9.49. The highest BCUT2D eigenvalue weighted by Crippen LogP contribution is 2.23. The number of aromatic nitrogens is 2. The van der Waals surface area contributed by atoms with Crippen molar-refractivity contribution in [1.82, 2.24) is 9.55 Å². The van der Waals surface area contributed by atoms with Crippen molar-refractivity contribution in [1.29, 1.82) is 0 Å². The molecule has 0 spiro atoms. The SMILES string of the molecule is Cc1cc([C@H](C)O)ccc1OCc1nccn1C(F)F. The van der Waals surface area contributed by atoms with Gasteiger partial charge >= 0.3 is 6.55 Å². The summed E-state index contributed by atoms with van der Waals surface area (Å²) < 4.78 is 31.6. The van der Waals surface area contributed by atoms with Crippen molar-refractivity contribution in [3.63, 3.8) is 0 Å². The molecule has 1 atom stereocenters. The lowest BCUT2D eigenvalue weighted by molar-refractivity contribution is 0.0632. The molecule has 6 heteroatoms. The summed E-state index contributed by atoms with van der Waals surface area (Å²) in [4.78, 5) is 3.85. The van der Waals surface area contributed by atoms with Crippen molar-refractivity contribution >= 4 is 0 Å². The molecule has 0 saturated carbocycles. The number of imidazole rings is 1. The van der Waals surface area contributed by atoms with Gasteiger partial charge in [0.2, 0.25) is 0 Å². The molecular formula is C14H16F2N2O2. The molecule has 0 saturated heterocycles. The van der Waals surface area contributed by atoms with E-state index in [1.165, 1.54) is 12.4 Å². The number of rotatable bonds is 5. The van der Waals surface area contributed by atoms with Crippen LogP contribution in [0.15, 0.2) is 30.6 Å². The van der Waals surface area contributed by atoms with Gasteiger partial charge in [0.05, 0.1) is 6.10 Å². The average molecular weight is 282 g/mol. The molecule has 20 heavy (non-hydrogen) atoms. The quantitative estimate of drug-likeness (QED) is 0.916. The fourth-order valence-electron chi connectivity index (χ4n) is 1.87. The molecule has 2 aromatic rings. The van der Waals surface area contributed by atoms with E-state index in [4.69, 9.17) is 4.74 Å². The lowest BCUT2D eigenvalue weighted by Gasteiger charge is -2.12. The van der Waals surface area contributed by atoms with Gasteiger partial charge in [-0.1, -0.05) is 6.07 Å². The Kier molecular flexibility index (Phi) is 4.34. The van der Waals surface area contributed by atoms with Gasteiger partial charge in [-0.3, -0.25) is 4.57 Å². The van der Waals surface area contributed by atoms with Gasteiger partial charge in [-0.2, -0.15) is 8.78 Å². The van der Waals surface area contributed by atoms with E-state index >= 15 is 0 Å². The molecule has 0 radical (unpaired) electrons. The molecule has 0 aliphatic carbocycles. The summed E-state index contributed by atoms with van der Waals surface area (Å²) in [7, 11) is 0. The van der Waals surface area contributed by atoms with Crippen LogP contribution in [0, 0.1) is 6.92 Å². The number of hydrogen-bond donors (Lipinski definition) is 1. The summed E-state index contributed by atoms with van der Waals surface area (Å²) in [5, 5.41) is 9.48. The number of hydrogen-bond acceptors (Lipinski definition) is 3. The van der Waals surface area contributed by atoms with Crippen molar-refractivity contribution in [3.8, 4) is 5.75 Å². The minimum Gasteiger partial charge on any atom is -0.485 e. The smallest absolute Gasteiger partial charge is 0.320 e. The van der Waals surface area contributed by atoms with Crippen LogP contribution in [0.2, 0.25) is 0 Å². The molecular weight excluding hydrogens is 266 g/mol. The molecule has 4 nitrogen and oxygen atoms in total. The lowest BCUT2D eigenvalue weighted by Crippen LogP contribution is -2.07. The number of aliphatic hydroxyl groups excluding tert-OH is 1. The Morgan fingerprint density at radius 2 is 2.15 bits per heavy atom. The van der Waals surface area contributed by atoms with Crippen LogP contribution in [0.25, 0.3) is 0 Å². The molecule has 108 valence electrons. The van der Waals surface area contributed by atoms with Crippen LogP contribution < -0.4 is 4.74 Å². The van der Waals surface area contributed by atoms with Crippen molar-refractivity contribution in [2.24, 2.45) is 0 Å². The molecule has 0 unspecified atom stereocenters. The second-order valence-corrected chi connectivity index (χ2v) is 4.52. The van der Waals surface area contributed by atoms with Crippen LogP contribution in [0.4, 0.5) is 8.78 Å². The van der Waals surface area contributed by atoms with E-state index in [-0.39, 0.29) is 12.4 Å². The molecule has 2 rings (SSSR count). The number of aliphatic hydroxyl groups is 1. The second kappa shape index (κ2) is 6.00. The van der Waals surface area contributed by atoms with E-state index in [1.54, 1.807) is 25.1 Å². The van der Waals surface area contributed by atoms with Crippen LogP contribution in [-0.2, 0) is 6.61 Å². The Hall–Kier alpha value is -1.95. The monoisotopic (exact) mass is 282 g/mol. The first kappa shape index (κ1) is 14.5. The van der Waals surface area contributed by atoms with Crippen molar-refractivity contribution < 1.29 is 18.6 Å². The molecule has 1 N–H and O–H groups in total. The zero-order valence-electron chi connectivity index (χ0n) is 11.3. The molecule has 1 heterocycles. The number of ether oxygens (including phenoxy) is 1.